The zero-order chi connectivity index (χ0) is 14.9. The molecule has 0 fully saturated rings. The fraction of sp³-hybridized carbons (Fsp3) is 0.500. The van der Waals surface area contributed by atoms with Gasteiger partial charge in [0.15, 0.2) is 0 Å². The summed E-state index contributed by atoms with van der Waals surface area (Å²) in [6.07, 6.45) is 10.9. The van der Waals surface area contributed by atoms with Crippen LogP contribution in [0.25, 0.3) is 0 Å². The van der Waals surface area contributed by atoms with Crippen LogP contribution in [0, 0.1) is 0 Å². The van der Waals surface area contributed by atoms with E-state index in [1.165, 1.54) is 51.4 Å². The van der Waals surface area contributed by atoms with Crippen LogP contribution >= 0.6 is 24.8 Å². The minimum atomic E-state index is 0. The zero-order valence-corrected chi connectivity index (χ0v) is 21.4. The van der Waals surface area contributed by atoms with E-state index in [1.54, 1.807) is 22.3 Å². The van der Waals surface area contributed by atoms with E-state index >= 15 is 0 Å². The molecule has 0 atom stereocenters. The first-order valence-electron chi connectivity index (χ1n) is 8.56. The van der Waals surface area contributed by atoms with E-state index in [2.05, 4.69) is 49.5 Å². The first-order chi connectivity index (χ1) is 10.3. The van der Waals surface area contributed by atoms with Gasteiger partial charge in [-0.1, -0.05) is 64.5 Å². The van der Waals surface area contributed by atoms with Crippen LogP contribution in [0.4, 0.5) is 0 Å². The predicted molar refractivity (Wildman–Crippen MR) is 111 cm³/mol. The van der Waals surface area contributed by atoms with Crippen molar-refractivity contribution in [1.29, 1.82) is 0 Å². The maximum Gasteiger partial charge on any atom is 0.0213 e. The van der Waals surface area contributed by atoms with Crippen LogP contribution in [0.2, 0.25) is 13.1 Å². The van der Waals surface area contributed by atoms with Crippen LogP contribution in [0.1, 0.15) is 47.9 Å². The summed E-state index contributed by atoms with van der Waals surface area (Å²) < 4.78 is 0. The van der Waals surface area contributed by atoms with Gasteiger partial charge in [-0.15, -0.1) is 24.8 Å². The molecule has 0 heterocycles. The van der Waals surface area contributed by atoms with Gasteiger partial charge < -0.3 is 0 Å². The summed E-state index contributed by atoms with van der Waals surface area (Å²) in [6, 6.07) is 13.4. The summed E-state index contributed by atoms with van der Waals surface area (Å²) >= 11 is 0. The van der Waals surface area contributed by atoms with Gasteiger partial charge in [0.2, 0.25) is 0 Å². The number of hydrogen-bond acceptors (Lipinski definition) is 0. The maximum absolute atomic E-state index is 2.26. The summed E-state index contributed by atoms with van der Waals surface area (Å²) in [6.45, 7) is 4.42. The standard InChI is InChI=1S/2C9H11.C2H7Si.2ClH.Hf/c2*1-2-5-9-7-3-6-8(9)4-1;1-3-2;;;/h2*3,6-7H,1-2,4-5H2;3H,1-2H3;2*1H;/q2*-1;;;;. The average Bonchev–Trinajstić information content (AvgIpc) is 3.17. The number of rotatable bonds is 0. The summed E-state index contributed by atoms with van der Waals surface area (Å²) in [5, 5.41) is 0. The van der Waals surface area contributed by atoms with Crippen LogP contribution in [-0.4, -0.2) is 9.52 Å². The predicted octanol–water partition coefficient (Wildman–Crippen LogP) is 5.93. The molecule has 2 aliphatic rings. The third-order valence-corrected chi connectivity index (χ3v) is 4.30. The van der Waals surface area contributed by atoms with E-state index in [1.807, 2.05) is 0 Å². The first-order valence-corrected chi connectivity index (χ1v) is 10.9. The molecule has 0 saturated heterocycles. The second-order valence-electron chi connectivity index (χ2n) is 6.14. The van der Waals surface area contributed by atoms with Gasteiger partial charge in [-0.05, 0) is 0 Å². The van der Waals surface area contributed by atoms with Gasteiger partial charge >= 0.3 is 0 Å². The molecule has 2 aromatic carbocycles. The molecule has 0 saturated carbocycles. The van der Waals surface area contributed by atoms with E-state index < -0.39 is 0 Å². The van der Waals surface area contributed by atoms with E-state index in [9.17, 15) is 0 Å². The van der Waals surface area contributed by atoms with Crippen LogP contribution in [-0.2, 0) is 51.5 Å². The summed E-state index contributed by atoms with van der Waals surface area (Å²) in [5.74, 6) is 0. The van der Waals surface area contributed by atoms with Gasteiger partial charge in [0.25, 0.3) is 0 Å². The Morgan fingerprint density at radius 2 is 1.04 bits per heavy atom. The van der Waals surface area contributed by atoms with Crippen LogP contribution in [0.5, 0.6) is 0 Å². The maximum atomic E-state index is 2.26. The van der Waals surface area contributed by atoms with Crippen LogP contribution in [0.3, 0.4) is 0 Å². The molecular weight excluding hydrogens is 518 g/mol. The van der Waals surface area contributed by atoms with Crippen molar-refractivity contribution >= 4 is 34.3 Å². The van der Waals surface area contributed by atoms with Crippen LogP contribution in [0.15, 0.2) is 36.4 Å². The third kappa shape index (κ3) is 8.65. The third-order valence-electron chi connectivity index (χ3n) is 4.30. The molecule has 2 aliphatic carbocycles. The van der Waals surface area contributed by atoms with Gasteiger partial charge in [-0.25, -0.2) is 12.1 Å². The monoisotopic (exact) mass is 549 g/mol. The first kappa shape index (κ1) is 26.6. The number of halogens is 2. The second kappa shape index (κ2) is 15.6. The average molecular weight is 549 g/mol. The SMILES string of the molecule is C[SiH]C.Cl.Cl.[Hf].c1cc2c([cH-]1)CCCC2.c1cc2c([cH-]1)CCCC2. The zero-order valence-electron chi connectivity index (χ0n) is 15.0. The summed E-state index contributed by atoms with van der Waals surface area (Å²) in [5.41, 5.74) is 6.39. The Balaban J connectivity index is 0. The Bertz CT molecular complexity index is 432. The molecule has 0 spiro atoms. The van der Waals surface area contributed by atoms with Crippen molar-refractivity contribution in [3.05, 3.63) is 58.7 Å². The smallest absolute Gasteiger partial charge is 0.0213 e. The van der Waals surface area contributed by atoms with Crippen molar-refractivity contribution in [2.75, 3.05) is 0 Å². The van der Waals surface area contributed by atoms with Crippen molar-refractivity contribution in [2.45, 2.75) is 64.5 Å². The van der Waals surface area contributed by atoms with Gasteiger partial charge in [0.1, 0.15) is 0 Å². The number of hydrogen-bond donors (Lipinski definition) is 0. The topological polar surface area (TPSA) is 0 Å². The Morgan fingerprint density at radius 3 is 1.38 bits per heavy atom. The molecule has 1 radical (unpaired) electrons. The number of aryl methyl sites for hydroxylation is 4. The Kier molecular flexibility index (Phi) is 17.3. The fourth-order valence-electron chi connectivity index (χ4n) is 3.23. The Hall–Kier alpha value is 0.367. The minimum absolute atomic E-state index is 0. The molecule has 24 heavy (non-hydrogen) atoms. The molecule has 0 amide bonds. The van der Waals surface area contributed by atoms with E-state index in [0.29, 0.717) is 0 Å². The fourth-order valence-corrected chi connectivity index (χ4v) is 3.23. The molecule has 4 heteroatoms. The quantitative estimate of drug-likeness (QED) is 0.283. The van der Waals surface area contributed by atoms with Gasteiger partial charge in [0, 0.05) is 35.4 Å². The summed E-state index contributed by atoms with van der Waals surface area (Å²) in [4.78, 5) is 0. The normalized spacial score (nSPS) is 13.8. The number of fused-ring (bicyclic) bond motifs is 2. The largest absolute Gasteiger partial charge is 0.210 e. The minimum Gasteiger partial charge on any atom is -0.210 e. The van der Waals surface area contributed by atoms with Crippen molar-refractivity contribution in [1.82, 2.24) is 0 Å². The van der Waals surface area contributed by atoms with E-state index in [0.717, 1.165) is 9.52 Å². The van der Waals surface area contributed by atoms with Gasteiger partial charge in [-0.2, -0.15) is 46.5 Å². The van der Waals surface area contributed by atoms with E-state index in [4.69, 9.17) is 0 Å². The molecule has 0 N–H and O–H groups in total. The van der Waals surface area contributed by atoms with Crippen molar-refractivity contribution in [3.8, 4) is 0 Å². The van der Waals surface area contributed by atoms with Crippen molar-refractivity contribution in [2.24, 2.45) is 0 Å². The molecule has 135 valence electrons. The molecule has 0 bridgehead atoms. The van der Waals surface area contributed by atoms with E-state index in [-0.39, 0.29) is 50.7 Å². The Labute approximate surface area is 182 Å². The van der Waals surface area contributed by atoms with Crippen molar-refractivity contribution in [3.63, 3.8) is 0 Å². The van der Waals surface area contributed by atoms with Crippen molar-refractivity contribution < 1.29 is 25.8 Å². The Morgan fingerprint density at radius 1 is 0.708 bits per heavy atom. The molecule has 0 unspecified atom stereocenters. The van der Waals surface area contributed by atoms with Crippen LogP contribution < -0.4 is 0 Å². The molecule has 4 rings (SSSR count). The second-order valence-corrected chi connectivity index (χ2v) is 7.30. The molecule has 0 aromatic heterocycles. The van der Waals surface area contributed by atoms with Gasteiger partial charge in [-0.3, -0.25) is 0 Å². The summed E-state index contributed by atoms with van der Waals surface area (Å²) in [7, 11) is 0.750. The molecular formula is C20H31Cl2HfSi-2. The molecule has 0 nitrogen and oxygen atoms in total. The molecule has 2 aromatic rings. The van der Waals surface area contributed by atoms with Gasteiger partial charge in [0.05, 0.1) is 0 Å². The molecule has 0 aliphatic heterocycles.